The molecule has 0 aliphatic carbocycles. The Morgan fingerprint density at radius 3 is 2.55 bits per heavy atom. The van der Waals surface area contributed by atoms with Gasteiger partial charge in [-0.05, 0) is 13.0 Å². The highest BCUT2D eigenvalue weighted by Gasteiger charge is 2.45. The van der Waals surface area contributed by atoms with Crippen LogP contribution in [0.1, 0.15) is 13.2 Å². The first-order valence-corrected chi connectivity index (χ1v) is 14.9. The third-order valence-electron chi connectivity index (χ3n) is 5.95. The Bertz CT molecular complexity index is 1550. The van der Waals surface area contributed by atoms with Gasteiger partial charge in [-0.15, -0.1) is 0 Å². The molecule has 9 N–H and O–H groups in total. The first kappa shape index (κ1) is 32.0. The molecule has 232 valence electrons. The summed E-state index contributed by atoms with van der Waals surface area (Å²) < 4.78 is 51.7. The fourth-order valence-electron chi connectivity index (χ4n) is 3.84. The Kier molecular flexibility index (Phi) is 9.72. The fraction of sp³-hybridized carbons (Fsp3) is 0.526. The van der Waals surface area contributed by atoms with Crippen LogP contribution < -0.4 is 17.2 Å². The molecule has 23 heteroatoms. The van der Waals surface area contributed by atoms with Crippen molar-refractivity contribution in [2.45, 2.75) is 50.4 Å². The Morgan fingerprint density at radius 2 is 1.86 bits per heavy atom. The lowest BCUT2D eigenvalue weighted by Crippen LogP contribution is -2.36. The Morgan fingerprint density at radius 1 is 1.12 bits per heavy atom. The van der Waals surface area contributed by atoms with Crippen molar-refractivity contribution in [3.63, 3.8) is 0 Å². The number of imidazole rings is 1. The van der Waals surface area contributed by atoms with Crippen LogP contribution in [0.15, 0.2) is 29.7 Å². The first-order chi connectivity index (χ1) is 19.6. The second kappa shape index (κ2) is 12.8. The maximum absolute atomic E-state index is 12.7. The van der Waals surface area contributed by atoms with Crippen molar-refractivity contribution in [3.8, 4) is 0 Å². The minimum Gasteiger partial charge on any atom is -0.387 e. The minimum atomic E-state index is -4.99. The number of aromatic nitrogens is 6. The average Bonchev–Trinajstić information content (AvgIpc) is 3.44. The van der Waals surface area contributed by atoms with Crippen LogP contribution in [0.4, 0.5) is 11.6 Å². The Balaban J connectivity index is 1.39. The zero-order chi connectivity index (χ0) is 30.8. The van der Waals surface area contributed by atoms with Crippen molar-refractivity contribution in [1.82, 2.24) is 29.1 Å². The normalized spacial score (nSPS) is 24.0. The highest BCUT2D eigenvalue weighted by molar-refractivity contribution is 7.47. The number of anilines is 2. The fourth-order valence-corrected chi connectivity index (χ4v) is 5.13. The molecule has 0 aromatic carbocycles. The molecule has 1 fully saturated rings. The van der Waals surface area contributed by atoms with Gasteiger partial charge in [0.25, 0.3) is 0 Å². The predicted molar refractivity (Wildman–Crippen MR) is 138 cm³/mol. The Hall–Kier alpha value is -2.91. The molecule has 0 spiro atoms. The lowest BCUT2D eigenvalue weighted by molar-refractivity contribution is -0.0847. The summed E-state index contributed by atoms with van der Waals surface area (Å²) in [5.74, 6) is 0.0183. The summed E-state index contributed by atoms with van der Waals surface area (Å²) in [6.07, 6.45) is -4.83. The van der Waals surface area contributed by atoms with E-state index < -0.39 is 78.0 Å². The van der Waals surface area contributed by atoms with Crippen LogP contribution in [0.2, 0.25) is 0 Å². The molecule has 7 atom stereocenters. The molecule has 0 saturated carbocycles. The standard InChI is InChI=1S/C19H28N8O13P2/c1-9(10(4-37-41(31,32)33)36-8-26-3-2-12(20)25-19(26)30)40-42(34,35)38-5-11-14(28)15(29)18(39-11)27-7-24-13-16(21)22-6-23-17(13)27/h2-3,6-7,9-11,14-15,18,28-29H,4-5,8H2,1H3,(H,34,35)(H2,20,25,30)(H2,21,22,23)(H2,31,32,33)/t9-,10+,11+,14+,15+,18+/m0/s1. The van der Waals surface area contributed by atoms with Gasteiger partial charge in [0, 0.05) is 6.20 Å². The molecule has 42 heavy (non-hydrogen) atoms. The van der Waals surface area contributed by atoms with Crippen LogP contribution in [0.3, 0.4) is 0 Å². The number of nitrogens with two attached hydrogens (primary N) is 2. The van der Waals surface area contributed by atoms with Crippen LogP contribution >= 0.6 is 15.6 Å². The molecule has 1 aliphatic rings. The molecule has 3 aromatic heterocycles. The van der Waals surface area contributed by atoms with Crippen molar-refractivity contribution in [2.75, 3.05) is 24.7 Å². The van der Waals surface area contributed by atoms with Gasteiger partial charge in [-0.2, -0.15) is 4.98 Å². The van der Waals surface area contributed by atoms with Crippen LogP contribution in [-0.4, -0.2) is 97.7 Å². The van der Waals surface area contributed by atoms with Gasteiger partial charge in [0.15, 0.2) is 17.7 Å². The number of aliphatic hydroxyl groups is 2. The monoisotopic (exact) mass is 638 g/mol. The number of ether oxygens (including phenoxy) is 2. The van der Waals surface area contributed by atoms with E-state index in [9.17, 15) is 29.0 Å². The minimum absolute atomic E-state index is 0.0556. The molecule has 4 rings (SSSR count). The first-order valence-electron chi connectivity index (χ1n) is 11.9. The third-order valence-corrected chi connectivity index (χ3v) is 7.51. The van der Waals surface area contributed by atoms with E-state index in [1.54, 1.807) is 0 Å². The highest BCUT2D eigenvalue weighted by atomic mass is 31.2. The van der Waals surface area contributed by atoms with Gasteiger partial charge in [0.05, 0.1) is 25.6 Å². The maximum atomic E-state index is 12.7. The second-order valence-electron chi connectivity index (χ2n) is 8.93. The number of hydrogen-bond acceptors (Lipinski definition) is 16. The lowest BCUT2D eigenvalue weighted by Gasteiger charge is -2.26. The molecule has 0 radical (unpaired) electrons. The number of fused-ring (bicyclic) bond motifs is 1. The van der Waals surface area contributed by atoms with E-state index in [1.165, 1.54) is 36.4 Å². The average molecular weight is 638 g/mol. The zero-order valence-electron chi connectivity index (χ0n) is 21.6. The van der Waals surface area contributed by atoms with E-state index >= 15 is 0 Å². The topological polar surface area (TPSA) is 312 Å². The SMILES string of the molecule is C[C@H](OP(=O)(O)OC[C@H]1O[C@@H](n2cnc3c(N)ncnc32)[C@H](O)[C@@H]1O)[C@@H](COP(=O)(O)O)OCn1ccc(N)nc1=O. The molecule has 1 unspecified atom stereocenters. The van der Waals surface area contributed by atoms with Gasteiger partial charge in [-0.1, -0.05) is 0 Å². The molecule has 0 bridgehead atoms. The van der Waals surface area contributed by atoms with Crippen molar-refractivity contribution < 1.29 is 57.1 Å². The van der Waals surface area contributed by atoms with E-state index in [1.807, 2.05) is 0 Å². The lowest BCUT2D eigenvalue weighted by atomic mass is 10.1. The number of nitrogens with zero attached hydrogens (tertiary/aromatic N) is 6. The number of phosphoric acid groups is 2. The number of phosphoric ester groups is 2. The van der Waals surface area contributed by atoms with Crippen molar-refractivity contribution >= 4 is 38.4 Å². The van der Waals surface area contributed by atoms with Crippen LogP contribution in [0.5, 0.6) is 0 Å². The van der Waals surface area contributed by atoms with Crippen molar-refractivity contribution in [3.05, 3.63) is 35.4 Å². The number of rotatable bonds is 13. The summed E-state index contributed by atoms with van der Waals surface area (Å²) in [4.78, 5) is 55.8. The van der Waals surface area contributed by atoms with E-state index in [2.05, 4.69) is 24.5 Å². The van der Waals surface area contributed by atoms with E-state index in [0.717, 1.165) is 4.57 Å². The summed E-state index contributed by atoms with van der Waals surface area (Å²) in [5, 5.41) is 21.0. The quantitative estimate of drug-likeness (QED) is 0.0980. The molecular formula is C19H28N8O13P2. The van der Waals surface area contributed by atoms with Gasteiger partial charge >= 0.3 is 21.3 Å². The molecular weight excluding hydrogens is 610 g/mol. The molecule has 4 heterocycles. The number of nitrogen functional groups attached to an aromatic ring is 2. The van der Waals surface area contributed by atoms with Crippen LogP contribution in [0.25, 0.3) is 11.2 Å². The number of aliphatic hydroxyl groups excluding tert-OH is 2. The summed E-state index contributed by atoms with van der Waals surface area (Å²) in [5.41, 5.74) is 10.8. The molecule has 21 nitrogen and oxygen atoms in total. The second-order valence-corrected chi connectivity index (χ2v) is 11.6. The maximum Gasteiger partial charge on any atom is 0.472 e. The zero-order valence-corrected chi connectivity index (χ0v) is 23.4. The van der Waals surface area contributed by atoms with E-state index in [0.29, 0.717) is 0 Å². The van der Waals surface area contributed by atoms with Gasteiger partial charge in [-0.3, -0.25) is 22.7 Å². The van der Waals surface area contributed by atoms with Crippen LogP contribution in [0, 0.1) is 0 Å². The van der Waals surface area contributed by atoms with E-state index in [4.69, 9.17) is 39.8 Å². The van der Waals surface area contributed by atoms with Crippen molar-refractivity contribution in [1.29, 1.82) is 0 Å². The highest BCUT2D eigenvalue weighted by Crippen LogP contribution is 2.47. The molecule has 3 aromatic rings. The Labute approximate surface area is 235 Å². The molecule has 0 amide bonds. The largest absolute Gasteiger partial charge is 0.472 e. The van der Waals surface area contributed by atoms with Gasteiger partial charge in [-0.25, -0.2) is 28.9 Å². The predicted octanol–water partition coefficient (Wildman–Crippen LogP) is -2.16. The van der Waals surface area contributed by atoms with Gasteiger partial charge in [0.1, 0.15) is 48.8 Å². The van der Waals surface area contributed by atoms with Gasteiger partial charge < -0.3 is 45.8 Å². The van der Waals surface area contributed by atoms with Crippen LogP contribution in [-0.2, 0) is 38.9 Å². The summed E-state index contributed by atoms with van der Waals surface area (Å²) >= 11 is 0. The summed E-state index contributed by atoms with van der Waals surface area (Å²) in [6.45, 7) is -0.876. The molecule has 1 saturated heterocycles. The summed E-state index contributed by atoms with van der Waals surface area (Å²) in [6, 6.07) is 1.29. The molecule has 1 aliphatic heterocycles. The third kappa shape index (κ3) is 7.72. The smallest absolute Gasteiger partial charge is 0.387 e. The van der Waals surface area contributed by atoms with Crippen molar-refractivity contribution in [2.24, 2.45) is 0 Å². The van der Waals surface area contributed by atoms with Gasteiger partial charge in [0.2, 0.25) is 0 Å². The summed E-state index contributed by atoms with van der Waals surface area (Å²) in [7, 11) is -9.95. The van der Waals surface area contributed by atoms with E-state index in [-0.39, 0.29) is 22.8 Å². The number of hydrogen-bond donors (Lipinski definition) is 7.